The summed E-state index contributed by atoms with van der Waals surface area (Å²) in [6, 6.07) is 0. The summed E-state index contributed by atoms with van der Waals surface area (Å²) in [5.41, 5.74) is 0. The lowest BCUT2D eigenvalue weighted by molar-refractivity contribution is -0.123. The quantitative estimate of drug-likeness (QED) is 0.250. The second kappa shape index (κ2) is 16.5. The lowest BCUT2D eigenvalue weighted by atomic mass is 9.87. The lowest BCUT2D eigenvalue weighted by Crippen LogP contribution is -2.15. The van der Waals surface area contributed by atoms with Crippen LogP contribution in [0.4, 0.5) is 0 Å². The zero-order chi connectivity index (χ0) is 17.3. The first-order chi connectivity index (χ1) is 11.1. The van der Waals surface area contributed by atoms with Crippen LogP contribution in [0.25, 0.3) is 0 Å². The van der Waals surface area contributed by atoms with Crippen molar-refractivity contribution in [3.05, 3.63) is 0 Å². The van der Waals surface area contributed by atoms with Crippen molar-refractivity contribution >= 4 is 5.78 Å². The van der Waals surface area contributed by atoms with Gasteiger partial charge in [-0.05, 0) is 18.8 Å². The highest BCUT2D eigenvalue weighted by Crippen LogP contribution is 2.21. The van der Waals surface area contributed by atoms with Crippen molar-refractivity contribution in [2.24, 2.45) is 11.8 Å². The van der Waals surface area contributed by atoms with Gasteiger partial charge < -0.3 is 0 Å². The molecule has 23 heavy (non-hydrogen) atoms. The Balaban J connectivity index is 3.44. The predicted octanol–water partition coefficient (Wildman–Crippen LogP) is 7.72. The van der Waals surface area contributed by atoms with Crippen molar-refractivity contribution in [3.8, 4) is 0 Å². The van der Waals surface area contributed by atoms with Crippen molar-refractivity contribution in [3.63, 3.8) is 0 Å². The Morgan fingerprint density at radius 2 is 1.13 bits per heavy atom. The third-order valence-corrected chi connectivity index (χ3v) is 4.97. The van der Waals surface area contributed by atoms with E-state index in [9.17, 15) is 4.79 Å². The number of hydrogen-bond acceptors (Lipinski definition) is 1. The molecule has 0 radical (unpaired) electrons. The molecule has 0 N–H and O–H groups in total. The van der Waals surface area contributed by atoms with Gasteiger partial charge in [-0.3, -0.25) is 4.79 Å². The molecule has 138 valence electrons. The summed E-state index contributed by atoms with van der Waals surface area (Å²) in [5, 5.41) is 0. The van der Waals surface area contributed by atoms with Gasteiger partial charge >= 0.3 is 0 Å². The van der Waals surface area contributed by atoms with Crippen molar-refractivity contribution < 1.29 is 4.79 Å². The van der Waals surface area contributed by atoms with Crippen LogP contribution in [0.15, 0.2) is 0 Å². The maximum atomic E-state index is 12.0. The maximum absolute atomic E-state index is 12.0. The fourth-order valence-electron chi connectivity index (χ4n) is 3.50. The molecule has 1 nitrogen and oxygen atoms in total. The molecule has 0 aromatic carbocycles. The number of Topliss-reactive ketones (excluding diaryl/α,β-unsaturated/α-hetero) is 1. The van der Waals surface area contributed by atoms with E-state index in [1.807, 2.05) is 6.92 Å². The van der Waals surface area contributed by atoms with E-state index in [1.54, 1.807) is 0 Å². The lowest BCUT2D eigenvalue weighted by Gasteiger charge is -2.17. The first kappa shape index (κ1) is 22.7. The van der Waals surface area contributed by atoms with E-state index in [0.29, 0.717) is 17.6 Å². The maximum Gasteiger partial charge on any atom is 0.135 e. The number of carbonyl (C=O) groups is 1. The van der Waals surface area contributed by atoms with E-state index < -0.39 is 0 Å². The van der Waals surface area contributed by atoms with Crippen LogP contribution < -0.4 is 0 Å². The molecule has 0 amide bonds. The fourth-order valence-corrected chi connectivity index (χ4v) is 3.50. The van der Waals surface area contributed by atoms with Gasteiger partial charge in [-0.2, -0.15) is 0 Å². The second-order valence-corrected chi connectivity index (χ2v) is 7.82. The van der Waals surface area contributed by atoms with Crippen LogP contribution in [0, 0.1) is 11.8 Å². The van der Waals surface area contributed by atoms with Crippen LogP contribution in [-0.2, 0) is 4.79 Å². The van der Waals surface area contributed by atoms with Crippen LogP contribution >= 0.6 is 0 Å². The molecule has 0 bridgehead atoms. The molecule has 0 aromatic rings. The number of rotatable bonds is 17. The average Bonchev–Trinajstić information content (AvgIpc) is 2.53. The normalized spacial score (nSPS) is 12.7. The van der Waals surface area contributed by atoms with Gasteiger partial charge in [0.2, 0.25) is 0 Å². The van der Waals surface area contributed by atoms with Crippen LogP contribution in [-0.4, -0.2) is 5.78 Å². The molecule has 0 aliphatic carbocycles. The molecule has 0 fully saturated rings. The van der Waals surface area contributed by atoms with Gasteiger partial charge in [-0.25, -0.2) is 0 Å². The summed E-state index contributed by atoms with van der Waals surface area (Å²) in [6.07, 6.45) is 19.6. The molecule has 0 aliphatic heterocycles. The smallest absolute Gasteiger partial charge is 0.135 e. The largest absolute Gasteiger partial charge is 0.299 e. The van der Waals surface area contributed by atoms with Crippen LogP contribution in [0.3, 0.4) is 0 Å². The van der Waals surface area contributed by atoms with E-state index in [0.717, 1.165) is 19.3 Å². The molecular weight excluding hydrogens is 280 g/mol. The van der Waals surface area contributed by atoms with E-state index in [-0.39, 0.29) is 0 Å². The van der Waals surface area contributed by atoms with Crippen LogP contribution in [0.2, 0.25) is 0 Å². The van der Waals surface area contributed by atoms with Crippen LogP contribution in [0.1, 0.15) is 124 Å². The molecule has 0 spiro atoms. The molecule has 1 heteroatoms. The highest BCUT2D eigenvalue weighted by atomic mass is 16.1. The third-order valence-electron chi connectivity index (χ3n) is 4.97. The monoisotopic (exact) mass is 324 g/mol. The molecule has 1 atom stereocenters. The molecule has 0 aliphatic rings. The number of ketones is 1. The third kappa shape index (κ3) is 15.0. The summed E-state index contributed by atoms with van der Waals surface area (Å²) >= 11 is 0. The highest BCUT2D eigenvalue weighted by Gasteiger charge is 2.17. The van der Waals surface area contributed by atoms with Crippen LogP contribution in [0.5, 0.6) is 0 Å². The van der Waals surface area contributed by atoms with Gasteiger partial charge in [0.1, 0.15) is 5.78 Å². The van der Waals surface area contributed by atoms with Crippen molar-refractivity contribution in [2.45, 2.75) is 124 Å². The Kier molecular flexibility index (Phi) is 16.3. The van der Waals surface area contributed by atoms with E-state index >= 15 is 0 Å². The molecule has 0 saturated carbocycles. The summed E-state index contributed by atoms with van der Waals surface area (Å²) in [7, 11) is 0. The zero-order valence-electron chi connectivity index (χ0n) is 16.7. The highest BCUT2D eigenvalue weighted by molar-refractivity contribution is 5.80. The predicted molar refractivity (Wildman–Crippen MR) is 104 cm³/mol. The van der Waals surface area contributed by atoms with E-state index in [2.05, 4.69) is 20.8 Å². The minimum Gasteiger partial charge on any atom is -0.299 e. The summed E-state index contributed by atoms with van der Waals surface area (Å²) < 4.78 is 0. The van der Waals surface area contributed by atoms with Gasteiger partial charge in [-0.1, -0.05) is 105 Å². The summed E-state index contributed by atoms with van der Waals surface area (Å²) in [5.74, 6) is 1.47. The molecule has 0 heterocycles. The van der Waals surface area contributed by atoms with E-state index in [1.165, 1.54) is 77.0 Å². The van der Waals surface area contributed by atoms with Gasteiger partial charge in [0, 0.05) is 12.3 Å². The second-order valence-electron chi connectivity index (χ2n) is 7.82. The minimum absolute atomic E-state index is 0.336. The topological polar surface area (TPSA) is 17.1 Å². The molecule has 0 aromatic heterocycles. The molecule has 0 saturated heterocycles. The zero-order valence-corrected chi connectivity index (χ0v) is 16.7. The fraction of sp³-hybridized carbons (Fsp3) is 0.955. The van der Waals surface area contributed by atoms with Crippen molar-refractivity contribution in [1.29, 1.82) is 0 Å². The van der Waals surface area contributed by atoms with Crippen molar-refractivity contribution in [2.75, 3.05) is 0 Å². The minimum atomic E-state index is 0.336. The molecule has 0 rings (SSSR count). The Hall–Kier alpha value is -0.330. The molecular formula is C22H44O. The summed E-state index contributed by atoms with van der Waals surface area (Å²) in [6.45, 7) is 8.76. The van der Waals surface area contributed by atoms with Gasteiger partial charge in [-0.15, -0.1) is 0 Å². The molecule has 1 unspecified atom stereocenters. The van der Waals surface area contributed by atoms with Gasteiger partial charge in [0.15, 0.2) is 0 Å². The Morgan fingerprint density at radius 3 is 1.52 bits per heavy atom. The Morgan fingerprint density at radius 1 is 0.696 bits per heavy atom. The standard InChI is InChI=1S/C22H44O/c1-5-7-8-9-10-11-12-13-14-15-16-17-18-21(19-20(3)4)22(23)6-2/h20-21H,5-19H2,1-4H3. The number of carbonyl (C=O) groups excluding carboxylic acids is 1. The van der Waals surface area contributed by atoms with Crippen molar-refractivity contribution in [1.82, 2.24) is 0 Å². The SMILES string of the molecule is CCCCCCCCCCCCCCC(CC(C)C)C(=O)CC. The summed E-state index contributed by atoms with van der Waals surface area (Å²) in [4.78, 5) is 12.0. The number of hydrogen-bond donors (Lipinski definition) is 0. The first-order valence-electron chi connectivity index (χ1n) is 10.6. The van der Waals surface area contributed by atoms with Gasteiger partial charge in [0.05, 0.1) is 0 Å². The Bertz CT molecular complexity index is 257. The average molecular weight is 325 g/mol. The first-order valence-corrected chi connectivity index (χ1v) is 10.6. The van der Waals surface area contributed by atoms with Gasteiger partial charge in [0.25, 0.3) is 0 Å². The number of unbranched alkanes of at least 4 members (excludes halogenated alkanes) is 11. The Labute approximate surface area is 147 Å². The van der Waals surface area contributed by atoms with E-state index in [4.69, 9.17) is 0 Å².